The monoisotopic (exact) mass is 408 g/mol. The number of primary amides is 1. The zero-order valence-corrected chi connectivity index (χ0v) is 15.3. The Kier molecular flexibility index (Phi) is 5.16. The Balaban J connectivity index is 1.73. The van der Waals surface area contributed by atoms with E-state index in [0.29, 0.717) is 0 Å². The molecule has 1 aromatic heterocycles. The van der Waals surface area contributed by atoms with Crippen LogP contribution in [-0.2, 0) is 10.0 Å². The summed E-state index contributed by atoms with van der Waals surface area (Å²) < 4.78 is 31.3. The molecule has 12 heteroatoms. The second-order valence-corrected chi connectivity index (χ2v) is 7.82. The molecule has 11 nitrogen and oxygen atoms in total. The van der Waals surface area contributed by atoms with E-state index in [4.69, 9.17) is 10.2 Å². The summed E-state index contributed by atoms with van der Waals surface area (Å²) in [4.78, 5) is 35.5. The number of carbonyl (C=O) groups is 2. The van der Waals surface area contributed by atoms with Crippen molar-refractivity contribution < 1.29 is 27.3 Å². The maximum Gasteiger partial charge on any atom is 0.284 e. The second-order valence-electron chi connectivity index (χ2n) is 5.95. The van der Waals surface area contributed by atoms with Gasteiger partial charge in [-0.05, 0) is 18.2 Å². The number of hydrogen-bond acceptors (Lipinski definition) is 7. The van der Waals surface area contributed by atoms with Crippen LogP contribution in [0.4, 0.5) is 5.69 Å². The minimum atomic E-state index is -4.00. The first-order valence-electron chi connectivity index (χ1n) is 8.14. The molecule has 1 saturated heterocycles. The Morgan fingerprint density at radius 3 is 2.29 bits per heavy atom. The number of piperazine rings is 1. The van der Waals surface area contributed by atoms with Crippen LogP contribution in [0.2, 0.25) is 0 Å². The van der Waals surface area contributed by atoms with Crippen LogP contribution in [-0.4, -0.2) is 60.5 Å². The molecule has 1 aliphatic heterocycles. The average Bonchev–Trinajstić information content (AvgIpc) is 3.19. The largest absolute Gasteiger partial charge is 0.438 e. The van der Waals surface area contributed by atoms with E-state index in [1.54, 1.807) is 0 Å². The van der Waals surface area contributed by atoms with Gasteiger partial charge in [0, 0.05) is 32.2 Å². The highest BCUT2D eigenvalue weighted by Crippen LogP contribution is 2.23. The number of nitrogens with zero attached hydrogens (tertiary/aromatic N) is 3. The normalized spacial score (nSPS) is 15.4. The first kappa shape index (κ1) is 19.5. The van der Waals surface area contributed by atoms with E-state index in [1.807, 2.05) is 0 Å². The van der Waals surface area contributed by atoms with Crippen molar-refractivity contribution in [3.05, 3.63) is 57.8 Å². The fourth-order valence-electron chi connectivity index (χ4n) is 2.83. The summed E-state index contributed by atoms with van der Waals surface area (Å²) in [6.07, 6.45) is 0. The van der Waals surface area contributed by atoms with Crippen LogP contribution in [0.25, 0.3) is 0 Å². The molecular weight excluding hydrogens is 392 g/mol. The number of furan rings is 1. The zero-order valence-electron chi connectivity index (χ0n) is 14.5. The number of hydrogen-bond donors (Lipinski definition) is 1. The first-order chi connectivity index (χ1) is 13.2. The van der Waals surface area contributed by atoms with Crippen LogP contribution < -0.4 is 5.73 Å². The highest BCUT2D eigenvalue weighted by atomic mass is 32.2. The van der Waals surface area contributed by atoms with E-state index in [-0.39, 0.29) is 43.2 Å². The Morgan fingerprint density at radius 2 is 1.71 bits per heavy atom. The van der Waals surface area contributed by atoms with E-state index in [0.717, 1.165) is 10.4 Å². The first-order valence-corrected chi connectivity index (χ1v) is 9.58. The van der Waals surface area contributed by atoms with Gasteiger partial charge in [-0.25, -0.2) is 8.42 Å². The van der Waals surface area contributed by atoms with E-state index < -0.39 is 31.9 Å². The predicted molar refractivity (Wildman–Crippen MR) is 95.0 cm³/mol. The standard InChI is InChI=1S/C16H16N4O7S/c17-15(21)13-5-6-14(27-13)28(25,26)19-9-7-18(8-10-19)16(22)11-3-1-2-4-12(11)20(23)24/h1-6H,7-10H2,(H2,17,21). The van der Waals surface area contributed by atoms with Crippen molar-refractivity contribution >= 4 is 27.5 Å². The molecule has 3 rings (SSSR count). The van der Waals surface area contributed by atoms with Gasteiger partial charge in [-0.3, -0.25) is 19.7 Å². The van der Waals surface area contributed by atoms with Gasteiger partial charge in [-0.15, -0.1) is 0 Å². The van der Waals surface area contributed by atoms with E-state index in [9.17, 15) is 28.1 Å². The van der Waals surface area contributed by atoms with Crippen molar-refractivity contribution in [1.29, 1.82) is 0 Å². The van der Waals surface area contributed by atoms with Gasteiger partial charge in [0.2, 0.25) is 5.09 Å². The lowest BCUT2D eigenvalue weighted by atomic mass is 10.1. The Morgan fingerprint density at radius 1 is 1.07 bits per heavy atom. The summed E-state index contributed by atoms with van der Waals surface area (Å²) in [7, 11) is -4.00. The second kappa shape index (κ2) is 7.40. The molecule has 0 unspecified atom stereocenters. The predicted octanol–water partition coefficient (Wildman–Crippen LogP) is 0.433. The molecule has 0 saturated carbocycles. The number of para-hydroxylation sites is 1. The van der Waals surface area contributed by atoms with Gasteiger partial charge in [0.05, 0.1) is 4.92 Å². The van der Waals surface area contributed by atoms with Gasteiger partial charge in [0.25, 0.3) is 27.5 Å². The summed E-state index contributed by atoms with van der Waals surface area (Å²) in [5.41, 5.74) is 4.69. The van der Waals surface area contributed by atoms with Crippen LogP contribution in [0.15, 0.2) is 45.9 Å². The van der Waals surface area contributed by atoms with Crippen molar-refractivity contribution in [2.24, 2.45) is 5.73 Å². The van der Waals surface area contributed by atoms with Crippen LogP contribution >= 0.6 is 0 Å². The minimum absolute atomic E-state index is 0.0265. The number of sulfonamides is 1. The summed E-state index contributed by atoms with van der Waals surface area (Å²) >= 11 is 0. The molecule has 1 aliphatic rings. The molecular formula is C16H16N4O7S. The highest BCUT2D eigenvalue weighted by Gasteiger charge is 2.34. The van der Waals surface area contributed by atoms with Crippen LogP contribution in [0, 0.1) is 10.1 Å². The van der Waals surface area contributed by atoms with Crippen molar-refractivity contribution in [3.63, 3.8) is 0 Å². The van der Waals surface area contributed by atoms with Gasteiger partial charge in [-0.1, -0.05) is 12.1 Å². The quantitative estimate of drug-likeness (QED) is 0.555. The Bertz CT molecular complexity index is 1040. The molecule has 2 amide bonds. The molecule has 0 atom stereocenters. The molecule has 148 valence electrons. The average molecular weight is 408 g/mol. The Hall–Kier alpha value is -3.25. The fourth-order valence-corrected chi connectivity index (χ4v) is 4.17. The molecule has 0 aliphatic carbocycles. The number of nitro groups is 1. The number of carbonyl (C=O) groups excluding carboxylic acids is 2. The molecule has 1 aromatic carbocycles. The van der Waals surface area contributed by atoms with Gasteiger partial charge in [0.15, 0.2) is 5.76 Å². The van der Waals surface area contributed by atoms with Crippen molar-refractivity contribution in [1.82, 2.24) is 9.21 Å². The third-order valence-electron chi connectivity index (χ3n) is 4.28. The van der Waals surface area contributed by atoms with Crippen molar-refractivity contribution in [2.45, 2.75) is 5.09 Å². The molecule has 0 radical (unpaired) electrons. The highest BCUT2D eigenvalue weighted by molar-refractivity contribution is 7.89. The summed E-state index contributed by atoms with van der Waals surface area (Å²) in [5, 5.41) is 10.7. The number of benzene rings is 1. The molecule has 2 N–H and O–H groups in total. The number of amides is 2. The summed E-state index contributed by atoms with van der Waals surface area (Å²) in [5.74, 6) is -1.71. The summed E-state index contributed by atoms with van der Waals surface area (Å²) in [6, 6.07) is 7.89. The van der Waals surface area contributed by atoms with Gasteiger partial charge in [-0.2, -0.15) is 4.31 Å². The maximum absolute atomic E-state index is 12.6. The van der Waals surface area contributed by atoms with Crippen LogP contribution in [0.1, 0.15) is 20.9 Å². The topological polar surface area (TPSA) is 157 Å². The lowest BCUT2D eigenvalue weighted by Crippen LogP contribution is -2.50. The van der Waals surface area contributed by atoms with Gasteiger partial charge < -0.3 is 15.1 Å². The van der Waals surface area contributed by atoms with Crippen LogP contribution in [0.5, 0.6) is 0 Å². The van der Waals surface area contributed by atoms with Gasteiger partial charge >= 0.3 is 0 Å². The maximum atomic E-state index is 12.6. The fraction of sp³-hybridized carbons (Fsp3) is 0.250. The third-order valence-corrected chi connectivity index (χ3v) is 6.05. The number of rotatable bonds is 5. The van der Waals surface area contributed by atoms with E-state index in [2.05, 4.69) is 0 Å². The van der Waals surface area contributed by atoms with Crippen LogP contribution in [0.3, 0.4) is 0 Å². The SMILES string of the molecule is NC(=O)c1ccc(S(=O)(=O)N2CCN(C(=O)c3ccccc3[N+](=O)[O-])CC2)o1. The van der Waals surface area contributed by atoms with Gasteiger partial charge in [0.1, 0.15) is 5.56 Å². The van der Waals surface area contributed by atoms with Crippen molar-refractivity contribution in [2.75, 3.05) is 26.2 Å². The smallest absolute Gasteiger partial charge is 0.284 e. The zero-order chi connectivity index (χ0) is 20.5. The number of nitrogens with two attached hydrogens (primary N) is 1. The lowest BCUT2D eigenvalue weighted by molar-refractivity contribution is -0.385. The van der Waals surface area contributed by atoms with E-state index >= 15 is 0 Å². The molecule has 0 bridgehead atoms. The molecule has 0 spiro atoms. The third kappa shape index (κ3) is 3.59. The van der Waals surface area contributed by atoms with Crippen molar-refractivity contribution in [3.8, 4) is 0 Å². The molecule has 2 aromatic rings. The lowest BCUT2D eigenvalue weighted by Gasteiger charge is -2.33. The molecule has 1 fully saturated rings. The summed E-state index contributed by atoms with van der Waals surface area (Å²) in [6.45, 7) is 0.0453. The Labute approximate surface area is 159 Å². The molecule has 28 heavy (non-hydrogen) atoms. The minimum Gasteiger partial charge on any atom is -0.438 e. The molecule has 2 heterocycles. The number of nitro benzene ring substituents is 1. The van der Waals surface area contributed by atoms with E-state index in [1.165, 1.54) is 35.2 Å².